The molecule has 0 aliphatic heterocycles. The Kier molecular flexibility index (Phi) is 6.28. The van der Waals surface area contributed by atoms with Crippen LogP contribution in [0.25, 0.3) is 10.1 Å². The lowest BCUT2D eigenvalue weighted by Crippen LogP contribution is -2.26. The van der Waals surface area contributed by atoms with Crippen LogP contribution in [0.3, 0.4) is 0 Å². The molecule has 32 heavy (non-hydrogen) atoms. The Hall–Kier alpha value is -2.81. The standard InChI is InChI=1S/C24H22N2O3S3/c1-16-8-11-19(12-9-16)32(28,29)26(2)18-10-13-21-17(14-18)15-23(31-21)24(27)25-20-6-4-5-7-22(20)30-3/h4-15H,1-3H3,(H,25,27). The van der Waals surface area contributed by atoms with Crippen molar-refractivity contribution in [2.75, 3.05) is 22.9 Å². The van der Waals surface area contributed by atoms with E-state index < -0.39 is 10.0 Å². The lowest BCUT2D eigenvalue weighted by Gasteiger charge is -2.19. The largest absolute Gasteiger partial charge is 0.320 e. The number of carbonyl (C=O) groups excluding carboxylic acids is 1. The number of hydrogen-bond donors (Lipinski definition) is 1. The third-order valence-electron chi connectivity index (χ3n) is 5.12. The van der Waals surface area contributed by atoms with Crippen LogP contribution in [-0.4, -0.2) is 27.6 Å². The van der Waals surface area contributed by atoms with Crippen molar-refractivity contribution in [2.45, 2.75) is 16.7 Å². The van der Waals surface area contributed by atoms with Gasteiger partial charge in [0.1, 0.15) is 0 Å². The number of carbonyl (C=O) groups is 1. The molecule has 5 nitrogen and oxygen atoms in total. The number of benzene rings is 3. The number of sulfonamides is 1. The summed E-state index contributed by atoms with van der Waals surface area (Å²) in [5.74, 6) is -0.185. The molecule has 1 N–H and O–H groups in total. The Bertz CT molecular complexity index is 1390. The Morgan fingerprint density at radius 3 is 2.44 bits per heavy atom. The van der Waals surface area contributed by atoms with Gasteiger partial charge in [0.15, 0.2) is 0 Å². The predicted molar refractivity (Wildman–Crippen MR) is 135 cm³/mol. The summed E-state index contributed by atoms with van der Waals surface area (Å²) in [5.41, 5.74) is 2.31. The van der Waals surface area contributed by atoms with Gasteiger partial charge >= 0.3 is 0 Å². The second kappa shape index (κ2) is 8.97. The molecule has 1 amide bonds. The molecule has 8 heteroatoms. The SMILES string of the molecule is CSc1ccccc1NC(=O)c1cc2cc(N(C)S(=O)(=O)c3ccc(C)cc3)ccc2s1. The maximum Gasteiger partial charge on any atom is 0.265 e. The van der Waals surface area contributed by atoms with E-state index in [1.165, 1.54) is 22.7 Å². The number of thiophene rings is 1. The van der Waals surface area contributed by atoms with Gasteiger partial charge in [-0.15, -0.1) is 23.1 Å². The van der Waals surface area contributed by atoms with E-state index in [2.05, 4.69) is 5.32 Å². The Morgan fingerprint density at radius 2 is 1.72 bits per heavy atom. The van der Waals surface area contributed by atoms with Gasteiger partial charge in [0.05, 0.1) is 21.1 Å². The number of fused-ring (bicyclic) bond motifs is 1. The van der Waals surface area contributed by atoms with Gasteiger partial charge in [-0.1, -0.05) is 29.8 Å². The summed E-state index contributed by atoms with van der Waals surface area (Å²) < 4.78 is 28.2. The highest BCUT2D eigenvalue weighted by Crippen LogP contribution is 2.32. The predicted octanol–water partition coefficient (Wildman–Crippen LogP) is 6.01. The fourth-order valence-electron chi connectivity index (χ4n) is 3.28. The molecular formula is C24H22N2O3S3. The fourth-order valence-corrected chi connectivity index (χ4v) is 5.96. The zero-order valence-corrected chi connectivity index (χ0v) is 20.3. The van der Waals surface area contributed by atoms with E-state index in [-0.39, 0.29) is 10.8 Å². The monoisotopic (exact) mass is 482 g/mol. The van der Waals surface area contributed by atoms with Crippen LogP contribution in [0.15, 0.2) is 82.6 Å². The lowest BCUT2D eigenvalue weighted by molar-refractivity contribution is 0.103. The minimum atomic E-state index is -3.68. The zero-order valence-electron chi connectivity index (χ0n) is 17.8. The summed E-state index contributed by atoms with van der Waals surface area (Å²) in [4.78, 5) is 14.6. The number of hydrogen-bond acceptors (Lipinski definition) is 5. The molecule has 0 spiro atoms. The molecule has 0 aliphatic rings. The molecule has 3 aromatic carbocycles. The van der Waals surface area contributed by atoms with Crippen LogP contribution in [0, 0.1) is 6.92 Å². The number of anilines is 2. The molecule has 0 atom stereocenters. The Morgan fingerprint density at radius 1 is 1.00 bits per heavy atom. The summed E-state index contributed by atoms with van der Waals surface area (Å²) in [5, 5.41) is 3.79. The highest BCUT2D eigenvalue weighted by molar-refractivity contribution is 7.98. The molecule has 0 bridgehead atoms. The normalized spacial score (nSPS) is 11.5. The molecule has 0 fully saturated rings. The van der Waals surface area contributed by atoms with Crippen molar-refractivity contribution < 1.29 is 13.2 Å². The van der Waals surface area contributed by atoms with Crippen LogP contribution in [0.1, 0.15) is 15.2 Å². The lowest BCUT2D eigenvalue weighted by atomic mass is 10.2. The Balaban J connectivity index is 1.61. The molecule has 1 heterocycles. The minimum Gasteiger partial charge on any atom is -0.320 e. The first kappa shape index (κ1) is 22.4. The van der Waals surface area contributed by atoms with Crippen molar-refractivity contribution in [1.82, 2.24) is 0 Å². The molecule has 0 saturated heterocycles. The van der Waals surface area contributed by atoms with Gasteiger partial charge in [0.2, 0.25) is 0 Å². The second-order valence-corrected chi connectivity index (χ2v) is 11.2. The van der Waals surface area contributed by atoms with Crippen molar-refractivity contribution in [2.24, 2.45) is 0 Å². The zero-order chi connectivity index (χ0) is 22.9. The van der Waals surface area contributed by atoms with Gasteiger partial charge in [-0.25, -0.2) is 8.42 Å². The average molecular weight is 483 g/mol. The van der Waals surface area contributed by atoms with Crippen molar-refractivity contribution in [1.29, 1.82) is 0 Å². The van der Waals surface area contributed by atoms with Gasteiger partial charge in [0, 0.05) is 16.6 Å². The van der Waals surface area contributed by atoms with Crippen LogP contribution < -0.4 is 9.62 Å². The fraction of sp³-hybridized carbons (Fsp3) is 0.125. The van der Waals surface area contributed by atoms with E-state index in [0.29, 0.717) is 10.6 Å². The molecular weight excluding hydrogens is 460 g/mol. The molecule has 1 aromatic heterocycles. The highest BCUT2D eigenvalue weighted by atomic mass is 32.2. The van der Waals surface area contributed by atoms with Crippen LogP contribution >= 0.6 is 23.1 Å². The number of rotatable bonds is 6. The van der Waals surface area contributed by atoms with Crippen LogP contribution in [-0.2, 0) is 10.0 Å². The minimum absolute atomic E-state index is 0.185. The van der Waals surface area contributed by atoms with Crippen molar-refractivity contribution in [3.05, 3.63) is 83.2 Å². The van der Waals surface area contributed by atoms with E-state index in [9.17, 15) is 13.2 Å². The maximum absolute atomic E-state index is 13.0. The summed E-state index contributed by atoms with van der Waals surface area (Å²) >= 11 is 2.95. The molecule has 0 unspecified atom stereocenters. The van der Waals surface area contributed by atoms with E-state index in [0.717, 1.165) is 26.2 Å². The first-order chi connectivity index (χ1) is 15.3. The summed E-state index contributed by atoms with van der Waals surface area (Å²) in [6, 6.07) is 21.6. The quantitative estimate of drug-likeness (QED) is 0.342. The van der Waals surface area contributed by atoms with Crippen LogP contribution in [0.4, 0.5) is 11.4 Å². The average Bonchev–Trinajstić information content (AvgIpc) is 3.23. The molecule has 4 aromatic rings. The molecule has 164 valence electrons. The highest BCUT2D eigenvalue weighted by Gasteiger charge is 2.22. The van der Waals surface area contributed by atoms with Gasteiger partial charge in [0.25, 0.3) is 15.9 Å². The maximum atomic E-state index is 13.0. The summed E-state index contributed by atoms with van der Waals surface area (Å²) in [7, 11) is -2.14. The number of thioether (sulfide) groups is 1. The van der Waals surface area contributed by atoms with Crippen molar-refractivity contribution in [3.63, 3.8) is 0 Å². The number of para-hydroxylation sites is 1. The van der Waals surface area contributed by atoms with E-state index >= 15 is 0 Å². The summed E-state index contributed by atoms with van der Waals surface area (Å²) in [6.07, 6.45) is 1.97. The van der Waals surface area contributed by atoms with E-state index in [1.807, 2.05) is 43.5 Å². The molecule has 0 aliphatic carbocycles. The second-order valence-electron chi connectivity index (χ2n) is 7.27. The van der Waals surface area contributed by atoms with Crippen LogP contribution in [0.2, 0.25) is 0 Å². The first-order valence-corrected chi connectivity index (χ1v) is 13.3. The topological polar surface area (TPSA) is 66.5 Å². The van der Waals surface area contributed by atoms with E-state index in [4.69, 9.17) is 0 Å². The number of nitrogens with one attached hydrogen (secondary N) is 1. The van der Waals surface area contributed by atoms with Gasteiger partial charge < -0.3 is 5.32 Å². The van der Waals surface area contributed by atoms with Gasteiger partial charge in [-0.2, -0.15) is 0 Å². The third-order valence-corrected chi connectivity index (χ3v) is 8.83. The van der Waals surface area contributed by atoms with Crippen LogP contribution in [0.5, 0.6) is 0 Å². The number of nitrogens with zero attached hydrogens (tertiary/aromatic N) is 1. The molecule has 0 saturated carbocycles. The number of amides is 1. The summed E-state index contributed by atoms with van der Waals surface area (Å²) in [6.45, 7) is 1.91. The van der Waals surface area contributed by atoms with Gasteiger partial charge in [-0.05, 0) is 67.1 Å². The smallest absolute Gasteiger partial charge is 0.265 e. The first-order valence-electron chi connectivity index (χ1n) is 9.83. The Labute approximate surface area is 196 Å². The van der Waals surface area contributed by atoms with E-state index in [1.54, 1.807) is 54.2 Å². The third kappa shape index (κ3) is 4.39. The van der Waals surface area contributed by atoms with Crippen molar-refractivity contribution >= 4 is 60.5 Å². The molecule has 4 rings (SSSR count). The van der Waals surface area contributed by atoms with Gasteiger partial charge in [-0.3, -0.25) is 9.10 Å². The number of aryl methyl sites for hydroxylation is 1. The van der Waals surface area contributed by atoms with Crippen molar-refractivity contribution in [3.8, 4) is 0 Å². The molecule has 0 radical (unpaired) electrons.